The summed E-state index contributed by atoms with van der Waals surface area (Å²) in [5.41, 5.74) is 5.50. The van der Waals surface area contributed by atoms with Gasteiger partial charge in [-0.25, -0.2) is 17.5 Å². The molecule has 1 aliphatic carbocycles. The molecule has 21 heavy (non-hydrogen) atoms. The van der Waals surface area contributed by atoms with E-state index in [1.807, 2.05) is 6.26 Å². The Kier molecular flexibility index (Phi) is 5.20. The maximum Gasteiger partial charge on any atom is 0.243 e. The number of hydrogen-bond acceptors (Lipinski definition) is 4. The third-order valence-corrected chi connectivity index (χ3v) is 6.91. The van der Waals surface area contributed by atoms with Crippen molar-refractivity contribution in [1.82, 2.24) is 4.72 Å². The second kappa shape index (κ2) is 6.42. The van der Waals surface area contributed by atoms with Gasteiger partial charge in [0, 0.05) is 28.4 Å². The van der Waals surface area contributed by atoms with Crippen molar-refractivity contribution in [3.05, 3.63) is 28.5 Å². The number of thioether (sulfide) groups is 1. The molecule has 0 heterocycles. The minimum Gasteiger partial charge on any atom is -0.326 e. The van der Waals surface area contributed by atoms with E-state index in [0.29, 0.717) is 6.54 Å². The van der Waals surface area contributed by atoms with Crippen LogP contribution in [0.2, 0.25) is 5.02 Å². The van der Waals surface area contributed by atoms with Crippen LogP contribution in [0.3, 0.4) is 0 Å². The first-order valence-electron chi connectivity index (χ1n) is 6.56. The lowest BCUT2D eigenvalue weighted by molar-refractivity contribution is 0.361. The molecule has 0 unspecified atom stereocenters. The number of nitrogens with one attached hydrogen (secondary N) is 1. The van der Waals surface area contributed by atoms with E-state index >= 15 is 0 Å². The fourth-order valence-corrected chi connectivity index (χ4v) is 4.87. The van der Waals surface area contributed by atoms with E-state index in [9.17, 15) is 12.8 Å². The van der Waals surface area contributed by atoms with Gasteiger partial charge in [0.15, 0.2) is 0 Å². The van der Waals surface area contributed by atoms with E-state index < -0.39 is 20.7 Å². The molecule has 1 aromatic carbocycles. The molecule has 0 amide bonds. The van der Waals surface area contributed by atoms with Gasteiger partial charge >= 0.3 is 0 Å². The van der Waals surface area contributed by atoms with Gasteiger partial charge in [0.05, 0.1) is 0 Å². The molecule has 1 aromatic rings. The van der Waals surface area contributed by atoms with Crippen molar-refractivity contribution in [2.75, 3.05) is 12.8 Å². The number of hydrogen-bond donors (Lipinski definition) is 2. The number of rotatable bonds is 6. The Hall–Kier alpha value is -0.340. The van der Waals surface area contributed by atoms with Crippen LogP contribution in [0.15, 0.2) is 17.0 Å². The lowest BCUT2D eigenvalue weighted by Crippen LogP contribution is -2.45. The third-order valence-electron chi connectivity index (χ3n) is 3.87. The molecule has 0 saturated heterocycles. The Labute approximate surface area is 133 Å². The van der Waals surface area contributed by atoms with Crippen molar-refractivity contribution < 1.29 is 12.8 Å². The Morgan fingerprint density at radius 2 is 2.14 bits per heavy atom. The Balaban J connectivity index is 2.25. The molecule has 0 aromatic heterocycles. The summed E-state index contributed by atoms with van der Waals surface area (Å²) in [6.45, 7) is 0.185. The normalized spacial score (nSPS) is 17.5. The highest BCUT2D eigenvalue weighted by Gasteiger charge is 2.37. The van der Waals surface area contributed by atoms with E-state index in [1.54, 1.807) is 11.8 Å². The maximum atomic E-state index is 14.2. The van der Waals surface area contributed by atoms with Crippen molar-refractivity contribution in [1.29, 1.82) is 0 Å². The van der Waals surface area contributed by atoms with Gasteiger partial charge in [0.1, 0.15) is 10.7 Å². The number of sulfonamides is 1. The molecule has 8 heteroatoms. The highest BCUT2D eigenvalue weighted by Crippen LogP contribution is 2.42. The van der Waals surface area contributed by atoms with Gasteiger partial charge in [-0.3, -0.25) is 0 Å². The average Bonchev–Trinajstić information content (AvgIpc) is 2.40. The van der Waals surface area contributed by atoms with Crippen molar-refractivity contribution in [2.24, 2.45) is 5.73 Å². The quantitative estimate of drug-likeness (QED) is 0.825. The van der Waals surface area contributed by atoms with Gasteiger partial charge in [-0.2, -0.15) is 11.8 Å². The van der Waals surface area contributed by atoms with Gasteiger partial charge in [-0.05, 0) is 31.2 Å². The van der Waals surface area contributed by atoms with Gasteiger partial charge < -0.3 is 5.73 Å². The summed E-state index contributed by atoms with van der Waals surface area (Å²) in [7, 11) is -3.94. The van der Waals surface area contributed by atoms with Gasteiger partial charge in [-0.15, -0.1) is 0 Å². The number of benzene rings is 1. The standard InChI is InChI=1S/C13H18ClFN2O2S2/c1-20-13(3-2-4-13)8-17-21(18,19)11-6-10(14)5-9(7-16)12(11)15/h5-6,17H,2-4,7-8,16H2,1H3. The minimum absolute atomic E-state index is 0.0706. The lowest BCUT2D eigenvalue weighted by Gasteiger charge is -2.40. The summed E-state index contributed by atoms with van der Waals surface area (Å²) in [5, 5.41) is 0.153. The molecule has 1 fully saturated rings. The summed E-state index contributed by atoms with van der Waals surface area (Å²) >= 11 is 7.49. The molecular formula is C13H18ClFN2O2S2. The number of halogens is 2. The highest BCUT2D eigenvalue weighted by atomic mass is 35.5. The van der Waals surface area contributed by atoms with Crippen molar-refractivity contribution in [3.8, 4) is 0 Å². The Morgan fingerprint density at radius 3 is 2.62 bits per heavy atom. The Bertz CT molecular complexity index is 628. The molecule has 0 bridgehead atoms. The molecule has 2 rings (SSSR count). The summed E-state index contributed by atoms with van der Waals surface area (Å²) in [5.74, 6) is -0.832. The summed E-state index contributed by atoms with van der Waals surface area (Å²) in [4.78, 5) is -0.439. The lowest BCUT2D eigenvalue weighted by atomic mass is 9.84. The molecule has 1 aliphatic rings. The number of nitrogens with two attached hydrogens (primary N) is 1. The van der Waals surface area contributed by atoms with Crippen molar-refractivity contribution in [3.63, 3.8) is 0 Å². The van der Waals surface area contributed by atoms with Gasteiger partial charge in [0.2, 0.25) is 10.0 Å². The van der Waals surface area contributed by atoms with Gasteiger partial charge in [-0.1, -0.05) is 18.0 Å². The zero-order valence-electron chi connectivity index (χ0n) is 11.7. The topological polar surface area (TPSA) is 72.2 Å². The second-order valence-corrected chi connectivity index (χ2v) is 8.59. The first-order chi connectivity index (χ1) is 9.83. The largest absolute Gasteiger partial charge is 0.326 e. The predicted molar refractivity (Wildman–Crippen MR) is 84.6 cm³/mol. The third kappa shape index (κ3) is 3.53. The molecular weight excluding hydrogens is 335 g/mol. The average molecular weight is 353 g/mol. The van der Waals surface area contributed by atoms with Crippen LogP contribution in [0.5, 0.6) is 0 Å². The SMILES string of the molecule is CSC1(CNS(=O)(=O)c2cc(Cl)cc(CN)c2F)CCC1. The summed E-state index contributed by atoms with van der Waals surface area (Å²) < 4.78 is 41.2. The molecule has 3 N–H and O–H groups in total. The maximum absolute atomic E-state index is 14.2. The first kappa shape index (κ1) is 17.0. The van der Waals surface area contributed by atoms with Crippen molar-refractivity contribution >= 4 is 33.4 Å². The van der Waals surface area contributed by atoms with E-state index in [0.717, 1.165) is 25.3 Å². The van der Waals surface area contributed by atoms with Crippen LogP contribution >= 0.6 is 23.4 Å². The van der Waals surface area contributed by atoms with Crippen LogP contribution in [0, 0.1) is 5.82 Å². The van der Waals surface area contributed by atoms with E-state index in [1.165, 1.54) is 6.07 Å². The van der Waals surface area contributed by atoms with Crippen LogP contribution in [0.1, 0.15) is 24.8 Å². The monoisotopic (exact) mass is 352 g/mol. The highest BCUT2D eigenvalue weighted by molar-refractivity contribution is 8.00. The molecule has 0 radical (unpaired) electrons. The smallest absolute Gasteiger partial charge is 0.243 e. The molecule has 118 valence electrons. The van der Waals surface area contributed by atoms with Crippen LogP contribution in [-0.4, -0.2) is 26.0 Å². The van der Waals surface area contributed by atoms with E-state index in [2.05, 4.69) is 4.72 Å². The second-order valence-electron chi connectivity index (χ2n) is 5.15. The van der Waals surface area contributed by atoms with Crippen LogP contribution in [-0.2, 0) is 16.6 Å². The molecule has 4 nitrogen and oxygen atoms in total. The molecule has 0 atom stereocenters. The summed E-state index contributed by atoms with van der Waals surface area (Å²) in [6.07, 6.45) is 4.97. The zero-order chi connectivity index (χ0) is 15.7. The Morgan fingerprint density at radius 1 is 1.48 bits per heavy atom. The predicted octanol–water partition coefficient (Wildman–Crippen LogP) is 2.50. The fourth-order valence-electron chi connectivity index (χ4n) is 2.29. The molecule has 0 aliphatic heterocycles. The zero-order valence-corrected chi connectivity index (χ0v) is 14.0. The van der Waals surface area contributed by atoms with E-state index in [4.69, 9.17) is 17.3 Å². The van der Waals surface area contributed by atoms with Crippen LogP contribution in [0.25, 0.3) is 0 Å². The fraction of sp³-hybridized carbons (Fsp3) is 0.538. The molecule has 0 spiro atoms. The first-order valence-corrected chi connectivity index (χ1v) is 9.65. The summed E-state index contributed by atoms with van der Waals surface area (Å²) in [6, 6.07) is 2.45. The van der Waals surface area contributed by atoms with Crippen LogP contribution in [0.4, 0.5) is 4.39 Å². The molecule has 1 saturated carbocycles. The van der Waals surface area contributed by atoms with E-state index in [-0.39, 0.29) is 21.9 Å². The van der Waals surface area contributed by atoms with Crippen LogP contribution < -0.4 is 10.5 Å². The minimum atomic E-state index is -3.94. The van der Waals surface area contributed by atoms with Gasteiger partial charge in [0.25, 0.3) is 0 Å². The van der Waals surface area contributed by atoms with Crippen molar-refractivity contribution in [2.45, 2.75) is 35.4 Å².